The summed E-state index contributed by atoms with van der Waals surface area (Å²) < 4.78 is 1.90. The molecule has 0 saturated carbocycles. The van der Waals surface area contributed by atoms with Crippen molar-refractivity contribution < 1.29 is 9.72 Å². The predicted octanol–water partition coefficient (Wildman–Crippen LogP) is 5.67. The number of pyridine rings is 1. The van der Waals surface area contributed by atoms with Crippen molar-refractivity contribution >= 4 is 34.5 Å². The molecule has 2 aromatic heterocycles. The molecule has 4 rings (SSSR count). The first kappa shape index (κ1) is 21.5. The molecule has 0 bridgehead atoms. The third-order valence-corrected chi connectivity index (χ3v) is 5.72. The zero-order chi connectivity index (χ0) is 23.0. The molecule has 0 radical (unpaired) electrons. The van der Waals surface area contributed by atoms with Crippen LogP contribution in [0.2, 0.25) is 5.02 Å². The van der Waals surface area contributed by atoms with Gasteiger partial charge in [-0.25, -0.2) is 4.98 Å². The van der Waals surface area contributed by atoms with E-state index >= 15 is 0 Å². The van der Waals surface area contributed by atoms with Crippen LogP contribution in [0.25, 0.3) is 16.9 Å². The van der Waals surface area contributed by atoms with Gasteiger partial charge in [0.15, 0.2) is 0 Å². The molecule has 0 aliphatic carbocycles. The number of amides is 1. The largest absolute Gasteiger partial charge is 0.320 e. The fraction of sp³-hybridized carbons (Fsp3) is 0.167. The number of aromatic nitrogens is 2. The van der Waals surface area contributed by atoms with Gasteiger partial charge >= 0.3 is 0 Å². The van der Waals surface area contributed by atoms with Crippen LogP contribution in [0.3, 0.4) is 0 Å². The lowest BCUT2D eigenvalue weighted by Crippen LogP contribution is -2.17. The number of benzene rings is 2. The Hall–Kier alpha value is -3.71. The maximum Gasteiger partial charge on any atom is 0.294 e. The lowest BCUT2D eigenvalue weighted by molar-refractivity contribution is -0.383. The van der Waals surface area contributed by atoms with E-state index in [4.69, 9.17) is 16.6 Å². The van der Waals surface area contributed by atoms with Crippen molar-refractivity contribution in [1.29, 1.82) is 0 Å². The molecule has 8 heteroatoms. The molecule has 4 aromatic rings. The minimum absolute atomic E-state index is 0.00728. The van der Waals surface area contributed by atoms with Gasteiger partial charge in [0.25, 0.3) is 5.69 Å². The highest BCUT2D eigenvalue weighted by molar-refractivity contribution is 6.31. The van der Waals surface area contributed by atoms with Gasteiger partial charge in [-0.2, -0.15) is 0 Å². The van der Waals surface area contributed by atoms with E-state index in [1.165, 1.54) is 23.8 Å². The van der Waals surface area contributed by atoms with Crippen molar-refractivity contribution in [1.82, 2.24) is 9.38 Å². The van der Waals surface area contributed by atoms with Gasteiger partial charge in [-0.3, -0.25) is 14.9 Å². The van der Waals surface area contributed by atoms with Gasteiger partial charge in [0.05, 0.1) is 22.7 Å². The summed E-state index contributed by atoms with van der Waals surface area (Å²) in [5.74, 6) is -0.385. The van der Waals surface area contributed by atoms with Crippen LogP contribution in [0.5, 0.6) is 0 Å². The molecule has 1 N–H and O–H groups in total. The number of nitrogens with one attached hydrogen (secondary N) is 1. The molecule has 32 heavy (non-hydrogen) atoms. The van der Waals surface area contributed by atoms with E-state index in [1.807, 2.05) is 55.6 Å². The number of carbonyl (C=O) groups excluding carboxylic acids is 1. The van der Waals surface area contributed by atoms with Crippen molar-refractivity contribution in [3.05, 3.63) is 92.2 Å². The van der Waals surface area contributed by atoms with Crippen molar-refractivity contribution in [2.24, 2.45) is 0 Å². The molecule has 0 spiro atoms. The molecular formula is C24H21ClN4O3. The minimum Gasteiger partial charge on any atom is -0.320 e. The maximum absolute atomic E-state index is 13.0. The summed E-state index contributed by atoms with van der Waals surface area (Å²) in [7, 11) is 0. The predicted molar refractivity (Wildman–Crippen MR) is 125 cm³/mol. The topological polar surface area (TPSA) is 89.5 Å². The Morgan fingerprint density at radius 2 is 1.88 bits per heavy atom. The number of anilines is 1. The Morgan fingerprint density at radius 1 is 1.09 bits per heavy atom. The second kappa shape index (κ2) is 8.43. The first-order valence-electron chi connectivity index (χ1n) is 10.0. The molecule has 7 nitrogen and oxygen atoms in total. The summed E-state index contributed by atoms with van der Waals surface area (Å²) in [6, 6.07) is 14.1. The van der Waals surface area contributed by atoms with Gasteiger partial charge in [-0.05, 0) is 61.7 Å². The van der Waals surface area contributed by atoms with E-state index < -0.39 is 4.92 Å². The van der Waals surface area contributed by atoms with Crippen LogP contribution in [0.4, 0.5) is 11.4 Å². The number of aryl methyl sites for hydroxylation is 3. The Balaban J connectivity index is 1.76. The molecule has 2 aromatic carbocycles. The van der Waals surface area contributed by atoms with Gasteiger partial charge in [0.2, 0.25) is 5.91 Å². The SMILES string of the molecule is Cc1ccc(-c2nc3c(C)cccn3c2CC(=O)Nc2ccc(Cl)cc2[N+](=O)[O-])cc1C. The summed E-state index contributed by atoms with van der Waals surface area (Å²) in [4.78, 5) is 28.6. The van der Waals surface area contributed by atoms with E-state index in [9.17, 15) is 14.9 Å². The molecule has 0 unspecified atom stereocenters. The zero-order valence-electron chi connectivity index (χ0n) is 17.8. The highest BCUT2D eigenvalue weighted by Gasteiger charge is 2.21. The lowest BCUT2D eigenvalue weighted by Gasteiger charge is -2.09. The zero-order valence-corrected chi connectivity index (χ0v) is 18.6. The average molecular weight is 449 g/mol. The van der Waals surface area contributed by atoms with Crippen LogP contribution in [-0.4, -0.2) is 20.2 Å². The van der Waals surface area contributed by atoms with Crippen LogP contribution in [0.15, 0.2) is 54.7 Å². The van der Waals surface area contributed by atoms with E-state index in [0.29, 0.717) is 11.4 Å². The molecular weight excluding hydrogens is 428 g/mol. The summed E-state index contributed by atoms with van der Waals surface area (Å²) >= 11 is 5.88. The average Bonchev–Trinajstić information content (AvgIpc) is 3.11. The third-order valence-electron chi connectivity index (χ3n) is 5.48. The Labute approximate surface area is 189 Å². The van der Waals surface area contributed by atoms with Crippen molar-refractivity contribution in [3.8, 4) is 11.3 Å². The first-order chi connectivity index (χ1) is 15.2. The Bertz CT molecular complexity index is 1380. The number of nitrogens with zero attached hydrogens (tertiary/aromatic N) is 3. The number of nitro groups is 1. The Morgan fingerprint density at radius 3 is 2.59 bits per heavy atom. The molecule has 0 aliphatic rings. The van der Waals surface area contributed by atoms with Gasteiger partial charge in [0.1, 0.15) is 11.3 Å². The summed E-state index contributed by atoms with van der Waals surface area (Å²) in [5, 5.41) is 14.2. The normalized spacial score (nSPS) is 11.0. The van der Waals surface area contributed by atoms with Crippen LogP contribution in [0.1, 0.15) is 22.4 Å². The van der Waals surface area contributed by atoms with Gasteiger partial charge in [-0.1, -0.05) is 29.8 Å². The number of hydrogen-bond donors (Lipinski definition) is 1. The molecule has 162 valence electrons. The summed E-state index contributed by atoms with van der Waals surface area (Å²) in [6.07, 6.45) is 1.86. The van der Waals surface area contributed by atoms with Crippen LogP contribution < -0.4 is 5.32 Å². The molecule has 1 amide bonds. The van der Waals surface area contributed by atoms with E-state index in [0.717, 1.165) is 22.3 Å². The Kier molecular flexibility index (Phi) is 5.67. The maximum atomic E-state index is 13.0. The highest BCUT2D eigenvalue weighted by Crippen LogP contribution is 2.30. The standard InChI is InChI=1S/C24H21ClN4O3/c1-14-6-7-17(11-16(14)3)23-21(28-10-4-5-15(2)24(28)27-23)13-22(30)26-19-9-8-18(25)12-20(19)29(31)32/h4-12H,13H2,1-3H3,(H,26,30). The van der Waals surface area contributed by atoms with E-state index in [-0.39, 0.29) is 28.7 Å². The van der Waals surface area contributed by atoms with Crippen molar-refractivity contribution in [2.75, 3.05) is 5.32 Å². The van der Waals surface area contributed by atoms with Crippen molar-refractivity contribution in [3.63, 3.8) is 0 Å². The monoisotopic (exact) mass is 448 g/mol. The summed E-state index contributed by atoms with van der Waals surface area (Å²) in [6.45, 7) is 6.04. The van der Waals surface area contributed by atoms with Gasteiger partial charge in [-0.15, -0.1) is 0 Å². The second-order valence-electron chi connectivity index (χ2n) is 7.73. The van der Waals surface area contributed by atoms with Crippen molar-refractivity contribution in [2.45, 2.75) is 27.2 Å². The number of hydrogen-bond acceptors (Lipinski definition) is 4. The molecule has 0 aliphatic heterocycles. The fourth-order valence-corrected chi connectivity index (χ4v) is 3.82. The molecule has 0 saturated heterocycles. The number of nitro benzene ring substituents is 1. The number of imidazole rings is 1. The highest BCUT2D eigenvalue weighted by atomic mass is 35.5. The van der Waals surface area contributed by atoms with Crippen LogP contribution >= 0.6 is 11.6 Å². The van der Waals surface area contributed by atoms with Crippen LogP contribution in [0, 0.1) is 30.9 Å². The molecule has 0 atom stereocenters. The van der Waals surface area contributed by atoms with E-state index in [1.54, 1.807) is 0 Å². The molecule has 0 fully saturated rings. The first-order valence-corrected chi connectivity index (χ1v) is 10.4. The van der Waals surface area contributed by atoms with Crippen LogP contribution in [-0.2, 0) is 11.2 Å². The fourth-order valence-electron chi connectivity index (χ4n) is 3.65. The van der Waals surface area contributed by atoms with Gasteiger partial charge in [0, 0.05) is 22.8 Å². The number of fused-ring (bicyclic) bond motifs is 1. The third kappa shape index (κ3) is 4.07. The van der Waals surface area contributed by atoms with E-state index in [2.05, 4.69) is 11.4 Å². The summed E-state index contributed by atoms with van der Waals surface area (Å²) in [5.41, 5.74) is 6.22. The van der Waals surface area contributed by atoms with Gasteiger partial charge < -0.3 is 9.72 Å². The second-order valence-corrected chi connectivity index (χ2v) is 8.17. The lowest BCUT2D eigenvalue weighted by atomic mass is 10.0. The quantitative estimate of drug-likeness (QED) is 0.314. The number of rotatable bonds is 5. The number of carbonyl (C=O) groups is 1. The number of halogens is 1. The molecule has 2 heterocycles. The minimum atomic E-state index is -0.570. The smallest absolute Gasteiger partial charge is 0.294 e.